The SMILES string of the molecule is CCOCCn1c(CN2CCC(C(N)=O)CC2)nc2c1c(=O)n(C)c(=O)n2C. The Kier molecular flexibility index (Phi) is 5.99. The van der Waals surface area contributed by atoms with Gasteiger partial charge in [0.05, 0.1) is 13.2 Å². The van der Waals surface area contributed by atoms with E-state index >= 15 is 0 Å². The summed E-state index contributed by atoms with van der Waals surface area (Å²) in [4.78, 5) is 43.2. The quantitative estimate of drug-likeness (QED) is 0.615. The van der Waals surface area contributed by atoms with Crippen molar-refractivity contribution in [1.29, 1.82) is 0 Å². The lowest BCUT2D eigenvalue weighted by atomic mass is 9.96. The molecule has 0 saturated carbocycles. The molecule has 28 heavy (non-hydrogen) atoms. The van der Waals surface area contributed by atoms with E-state index in [4.69, 9.17) is 10.5 Å². The van der Waals surface area contributed by atoms with Crippen molar-refractivity contribution >= 4 is 17.1 Å². The number of aromatic nitrogens is 4. The van der Waals surface area contributed by atoms with Crippen molar-refractivity contribution in [3.05, 3.63) is 26.7 Å². The molecule has 2 aromatic heterocycles. The molecule has 1 aliphatic heterocycles. The normalized spacial score (nSPS) is 16.1. The summed E-state index contributed by atoms with van der Waals surface area (Å²) in [5, 5.41) is 0. The summed E-state index contributed by atoms with van der Waals surface area (Å²) in [6, 6.07) is 0. The predicted octanol–water partition coefficient (Wildman–Crippen LogP) is -0.832. The number of aryl methyl sites for hydroxylation is 1. The standard InChI is InChI=1S/C18H28N6O4/c1-4-28-10-9-24-13(11-23-7-5-12(6-8-23)15(19)25)20-16-14(24)17(26)22(3)18(27)21(16)2/h12H,4-11H2,1-3H3,(H2,19,25). The molecule has 0 aliphatic carbocycles. The fourth-order valence-electron chi connectivity index (χ4n) is 3.73. The van der Waals surface area contributed by atoms with Crippen molar-refractivity contribution in [3.8, 4) is 0 Å². The second-order valence-electron chi connectivity index (χ2n) is 7.21. The number of imidazole rings is 1. The van der Waals surface area contributed by atoms with Crippen molar-refractivity contribution in [1.82, 2.24) is 23.6 Å². The summed E-state index contributed by atoms with van der Waals surface area (Å²) >= 11 is 0. The van der Waals surface area contributed by atoms with Gasteiger partial charge in [-0.25, -0.2) is 9.78 Å². The maximum absolute atomic E-state index is 12.8. The largest absolute Gasteiger partial charge is 0.380 e. The summed E-state index contributed by atoms with van der Waals surface area (Å²) in [6.45, 7) is 5.43. The number of ether oxygens (including phenoxy) is 1. The van der Waals surface area contributed by atoms with E-state index in [9.17, 15) is 14.4 Å². The smallest absolute Gasteiger partial charge is 0.332 e. The molecule has 1 saturated heterocycles. The molecule has 0 bridgehead atoms. The molecule has 10 heteroatoms. The van der Waals surface area contributed by atoms with E-state index < -0.39 is 5.69 Å². The number of carbonyl (C=O) groups excluding carboxylic acids is 1. The van der Waals surface area contributed by atoms with Crippen LogP contribution in [0.2, 0.25) is 0 Å². The van der Waals surface area contributed by atoms with Crippen LogP contribution in [0.15, 0.2) is 9.59 Å². The van der Waals surface area contributed by atoms with E-state index in [0.29, 0.717) is 43.3 Å². The topological polar surface area (TPSA) is 117 Å². The van der Waals surface area contributed by atoms with E-state index in [-0.39, 0.29) is 17.4 Å². The van der Waals surface area contributed by atoms with Crippen LogP contribution in [-0.4, -0.2) is 55.8 Å². The van der Waals surface area contributed by atoms with Crippen LogP contribution in [0.4, 0.5) is 0 Å². The lowest BCUT2D eigenvalue weighted by Gasteiger charge is -2.30. The number of hydrogen-bond donors (Lipinski definition) is 1. The number of likely N-dealkylation sites (tertiary alicyclic amines) is 1. The summed E-state index contributed by atoms with van der Waals surface area (Å²) in [5.74, 6) is 0.383. The number of nitrogens with two attached hydrogens (primary N) is 1. The molecule has 0 unspecified atom stereocenters. The van der Waals surface area contributed by atoms with Crippen LogP contribution in [0.3, 0.4) is 0 Å². The molecule has 10 nitrogen and oxygen atoms in total. The Morgan fingerprint density at radius 3 is 2.50 bits per heavy atom. The van der Waals surface area contributed by atoms with Crippen LogP contribution in [0.25, 0.3) is 11.2 Å². The summed E-state index contributed by atoms with van der Waals surface area (Å²) in [5.41, 5.74) is 5.44. The molecule has 0 aromatic carbocycles. The highest BCUT2D eigenvalue weighted by Crippen LogP contribution is 2.20. The van der Waals surface area contributed by atoms with Crippen molar-refractivity contribution in [2.45, 2.75) is 32.9 Å². The van der Waals surface area contributed by atoms with E-state index in [1.54, 1.807) is 7.05 Å². The highest BCUT2D eigenvalue weighted by Gasteiger charge is 2.25. The van der Waals surface area contributed by atoms with Gasteiger partial charge >= 0.3 is 5.69 Å². The first-order valence-corrected chi connectivity index (χ1v) is 9.59. The zero-order valence-corrected chi connectivity index (χ0v) is 16.7. The summed E-state index contributed by atoms with van der Waals surface area (Å²) < 4.78 is 9.83. The van der Waals surface area contributed by atoms with Crippen LogP contribution >= 0.6 is 0 Å². The monoisotopic (exact) mass is 392 g/mol. The van der Waals surface area contributed by atoms with Gasteiger partial charge in [0.2, 0.25) is 5.91 Å². The number of amides is 1. The van der Waals surface area contributed by atoms with E-state index in [2.05, 4.69) is 9.88 Å². The molecule has 2 N–H and O–H groups in total. The minimum absolute atomic E-state index is 0.0823. The van der Waals surface area contributed by atoms with Crippen LogP contribution in [0.5, 0.6) is 0 Å². The highest BCUT2D eigenvalue weighted by molar-refractivity contribution is 5.76. The zero-order chi connectivity index (χ0) is 20.4. The Hall–Kier alpha value is -2.46. The molecule has 0 radical (unpaired) electrons. The molecule has 2 aromatic rings. The van der Waals surface area contributed by atoms with Crippen LogP contribution < -0.4 is 17.0 Å². The fraction of sp³-hybridized carbons (Fsp3) is 0.667. The molecule has 3 rings (SSSR count). The van der Waals surface area contributed by atoms with Gasteiger partial charge in [0.1, 0.15) is 5.82 Å². The van der Waals surface area contributed by atoms with Gasteiger partial charge in [-0.2, -0.15) is 0 Å². The van der Waals surface area contributed by atoms with Crippen molar-refractivity contribution in [2.75, 3.05) is 26.3 Å². The van der Waals surface area contributed by atoms with Crippen LogP contribution in [-0.2, 0) is 36.7 Å². The summed E-state index contributed by atoms with van der Waals surface area (Å²) in [6.07, 6.45) is 1.43. The first kappa shape index (κ1) is 20.3. The molecule has 1 fully saturated rings. The first-order chi connectivity index (χ1) is 13.3. The molecule has 154 valence electrons. The second-order valence-corrected chi connectivity index (χ2v) is 7.21. The minimum atomic E-state index is -0.402. The van der Waals surface area contributed by atoms with Gasteiger partial charge in [-0.05, 0) is 32.9 Å². The number of piperidine rings is 1. The van der Waals surface area contributed by atoms with E-state index in [1.807, 2.05) is 11.5 Å². The maximum atomic E-state index is 12.8. The fourth-order valence-corrected chi connectivity index (χ4v) is 3.73. The van der Waals surface area contributed by atoms with Gasteiger partial charge in [0.25, 0.3) is 5.56 Å². The van der Waals surface area contributed by atoms with Crippen molar-refractivity contribution in [3.63, 3.8) is 0 Å². The summed E-state index contributed by atoms with van der Waals surface area (Å²) in [7, 11) is 3.09. The Bertz CT molecular complexity index is 981. The molecular weight excluding hydrogens is 364 g/mol. The Morgan fingerprint density at radius 2 is 1.89 bits per heavy atom. The predicted molar refractivity (Wildman–Crippen MR) is 104 cm³/mol. The van der Waals surface area contributed by atoms with E-state index in [1.165, 1.54) is 11.6 Å². The van der Waals surface area contributed by atoms with Crippen molar-refractivity contribution in [2.24, 2.45) is 25.7 Å². The van der Waals surface area contributed by atoms with E-state index in [0.717, 1.165) is 30.5 Å². The highest BCUT2D eigenvalue weighted by atomic mass is 16.5. The van der Waals surface area contributed by atoms with Crippen molar-refractivity contribution < 1.29 is 9.53 Å². The Labute approximate surface area is 162 Å². The van der Waals surface area contributed by atoms with Gasteiger partial charge in [-0.1, -0.05) is 0 Å². The van der Waals surface area contributed by atoms with Crippen LogP contribution in [0.1, 0.15) is 25.6 Å². The molecule has 0 atom stereocenters. The first-order valence-electron chi connectivity index (χ1n) is 9.59. The zero-order valence-electron chi connectivity index (χ0n) is 16.7. The molecule has 1 aliphatic rings. The van der Waals surface area contributed by atoms with Gasteiger partial charge in [-0.15, -0.1) is 0 Å². The van der Waals surface area contributed by atoms with Gasteiger partial charge in [0, 0.05) is 33.2 Å². The van der Waals surface area contributed by atoms with Gasteiger partial charge in [-0.3, -0.25) is 23.6 Å². The number of fused-ring (bicyclic) bond motifs is 1. The minimum Gasteiger partial charge on any atom is -0.380 e. The number of nitrogens with zero attached hydrogens (tertiary/aromatic N) is 5. The third kappa shape index (κ3) is 3.74. The lowest BCUT2D eigenvalue weighted by molar-refractivity contribution is -0.123. The molecule has 0 spiro atoms. The van der Waals surface area contributed by atoms with Gasteiger partial charge in [0.15, 0.2) is 11.2 Å². The lowest BCUT2D eigenvalue weighted by Crippen LogP contribution is -2.39. The Balaban J connectivity index is 1.97. The number of primary amides is 1. The second kappa shape index (κ2) is 8.27. The van der Waals surface area contributed by atoms with Gasteiger partial charge < -0.3 is 15.0 Å². The average molecular weight is 392 g/mol. The average Bonchev–Trinajstić information content (AvgIpc) is 3.03. The maximum Gasteiger partial charge on any atom is 0.332 e. The Morgan fingerprint density at radius 1 is 1.21 bits per heavy atom. The molecule has 1 amide bonds. The third-order valence-corrected chi connectivity index (χ3v) is 5.45. The van der Waals surface area contributed by atoms with Crippen LogP contribution in [0, 0.1) is 5.92 Å². The molecular formula is C18H28N6O4. The number of hydrogen-bond acceptors (Lipinski definition) is 6. The third-order valence-electron chi connectivity index (χ3n) is 5.45. The number of carbonyl (C=O) groups is 1. The molecule has 3 heterocycles. The number of rotatable bonds is 7.